The van der Waals surface area contributed by atoms with E-state index in [1.54, 1.807) is 36.4 Å². The number of amides is 2. The molecule has 0 bridgehead atoms. The molecule has 1 N–H and O–H groups in total. The summed E-state index contributed by atoms with van der Waals surface area (Å²) >= 11 is 0. The maximum atomic E-state index is 13.9. The SMILES string of the molecule is COc1ccccc1C1=C(Nc2ccc(F)c(F)c2)C(=O)N(c2cccc3ccccc23)C1=O. The maximum Gasteiger partial charge on any atom is 0.282 e. The van der Waals surface area contributed by atoms with Crippen molar-refractivity contribution in [1.82, 2.24) is 0 Å². The van der Waals surface area contributed by atoms with E-state index in [2.05, 4.69) is 5.32 Å². The van der Waals surface area contributed by atoms with Gasteiger partial charge in [-0.1, -0.05) is 54.6 Å². The second-order valence-corrected chi connectivity index (χ2v) is 7.65. The van der Waals surface area contributed by atoms with Gasteiger partial charge in [0.05, 0.1) is 18.4 Å². The highest BCUT2D eigenvalue weighted by Gasteiger charge is 2.41. The zero-order valence-corrected chi connectivity index (χ0v) is 18.0. The van der Waals surface area contributed by atoms with E-state index in [1.165, 1.54) is 13.2 Å². The largest absolute Gasteiger partial charge is 0.496 e. The predicted octanol–water partition coefficient (Wildman–Crippen LogP) is 5.52. The summed E-state index contributed by atoms with van der Waals surface area (Å²) in [6.07, 6.45) is 0. The first-order chi connectivity index (χ1) is 16.5. The van der Waals surface area contributed by atoms with E-state index in [0.29, 0.717) is 17.0 Å². The van der Waals surface area contributed by atoms with Gasteiger partial charge in [-0.2, -0.15) is 0 Å². The molecule has 0 radical (unpaired) electrons. The van der Waals surface area contributed by atoms with Crippen molar-refractivity contribution in [1.29, 1.82) is 0 Å². The molecule has 168 valence electrons. The number of carbonyl (C=O) groups excluding carboxylic acids is 2. The van der Waals surface area contributed by atoms with Crippen molar-refractivity contribution in [2.45, 2.75) is 0 Å². The second-order valence-electron chi connectivity index (χ2n) is 7.65. The number of imide groups is 1. The molecular weight excluding hydrogens is 438 g/mol. The lowest BCUT2D eigenvalue weighted by atomic mass is 10.0. The van der Waals surface area contributed by atoms with Gasteiger partial charge in [-0.15, -0.1) is 0 Å². The van der Waals surface area contributed by atoms with Crippen molar-refractivity contribution in [3.05, 3.63) is 108 Å². The molecule has 7 heteroatoms. The summed E-state index contributed by atoms with van der Waals surface area (Å²) in [4.78, 5) is 28.5. The zero-order valence-electron chi connectivity index (χ0n) is 18.0. The number of anilines is 2. The molecule has 4 aromatic rings. The highest BCUT2D eigenvalue weighted by Crippen LogP contribution is 2.39. The number of benzene rings is 4. The van der Waals surface area contributed by atoms with Gasteiger partial charge in [-0.3, -0.25) is 9.59 Å². The van der Waals surface area contributed by atoms with Gasteiger partial charge in [0, 0.05) is 22.7 Å². The number of hydrogen-bond acceptors (Lipinski definition) is 4. The van der Waals surface area contributed by atoms with Crippen LogP contribution >= 0.6 is 0 Å². The molecule has 5 nitrogen and oxygen atoms in total. The Bertz CT molecular complexity index is 1490. The van der Waals surface area contributed by atoms with Crippen molar-refractivity contribution < 1.29 is 23.1 Å². The van der Waals surface area contributed by atoms with Crippen LogP contribution in [0.4, 0.5) is 20.2 Å². The molecule has 0 atom stereocenters. The molecule has 0 saturated heterocycles. The first-order valence-electron chi connectivity index (χ1n) is 10.5. The lowest BCUT2D eigenvalue weighted by molar-refractivity contribution is -0.120. The molecule has 4 aromatic carbocycles. The maximum absolute atomic E-state index is 13.9. The van der Waals surface area contributed by atoms with Crippen molar-refractivity contribution in [3.8, 4) is 5.75 Å². The molecule has 1 aliphatic rings. The topological polar surface area (TPSA) is 58.6 Å². The van der Waals surface area contributed by atoms with Crippen LogP contribution in [0.1, 0.15) is 5.56 Å². The summed E-state index contributed by atoms with van der Waals surface area (Å²) in [5.41, 5.74) is 0.953. The van der Waals surface area contributed by atoms with Gasteiger partial charge in [0.25, 0.3) is 11.8 Å². The Kier molecular flexibility index (Phi) is 5.30. The van der Waals surface area contributed by atoms with Crippen LogP contribution in [0.25, 0.3) is 16.3 Å². The number of methoxy groups -OCH3 is 1. The molecule has 1 aliphatic heterocycles. The van der Waals surface area contributed by atoms with Gasteiger partial charge in [-0.05, 0) is 29.7 Å². The molecule has 1 heterocycles. The van der Waals surface area contributed by atoms with Crippen LogP contribution in [0.2, 0.25) is 0 Å². The van der Waals surface area contributed by atoms with Crippen LogP contribution in [0.3, 0.4) is 0 Å². The number of hydrogen-bond donors (Lipinski definition) is 1. The van der Waals surface area contributed by atoms with Gasteiger partial charge >= 0.3 is 0 Å². The van der Waals surface area contributed by atoms with Crippen LogP contribution < -0.4 is 15.0 Å². The minimum absolute atomic E-state index is 0.0616. The lowest BCUT2D eigenvalue weighted by Gasteiger charge is -2.18. The van der Waals surface area contributed by atoms with E-state index in [0.717, 1.165) is 27.8 Å². The molecule has 0 aliphatic carbocycles. The van der Waals surface area contributed by atoms with Crippen molar-refractivity contribution in [3.63, 3.8) is 0 Å². The summed E-state index contributed by atoms with van der Waals surface area (Å²) in [5, 5.41) is 4.43. The number of halogens is 2. The predicted molar refractivity (Wildman–Crippen MR) is 126 cm³/mol. The smallest absolute Gasteiger partial charge is 0.282 e. The summed E-state index contributed by atoms with van der Waals surface area (Å²) in [6.45, 7) is 0. The normalized spacial score (nSPS) is 13.7. The number of nitrogens with one attached hydrogen (secondary N) is 1. The Labute approximate surface area is 193 Å². The van der Waals surface area contributed by atoms with Gasteiger partial charge in [-0.25, -0.2) is 13.7 Å². The molecule has 0 saturated carbocycles. The first kappa shape index (κ1) is 21.3. The third-order valence-electron chi connectivity index (χ3n) is 5.66. The third-order valence-corrected chi connectivity index (χ3v) is 5.66. The van der Waals surface area contributed by atoms with Crippen molar-refractivity contribution >= 4 is 39.5 Å². The van der Waals surface area contributed by atoms with E-state index >= 15 is 0 Å². The fourth-order valence-electron chi connectivity index (χ4n) is 4.09. The first-order valence-corrected chi connectivity index (χ1v) is 10.5. The molecular formula is C27H18F2N2O3. The molecule has 0 aromatic heterocycles. The van der Waals surface area contributed by atoms with Crippen LogP contribution in [0, 0.1) is 11.6 Å². The van der Waals surface area contributed by atoms with E-state index in [9.17, 15) is 18.4 Å². The van der Waals surface area contributed by atoms with Gasteiger partial charge in [0.1, 0.15) is 11.4 Å². The van der Waals surface area contributed by atoms with Crippen molar-refractivity contribution in [2.24, 2.45) is 0 Å². The minimum Gasteiger partial charge on any atom is -0.496 e. The second kappa shape index (κ2) is 8.44. The summed E-state index contributed by atoms with van der Waals surface area (Å²) in [5.74, 6) is -2.88. The number of carbonyl (C=O) groups is 2. The Morgan fingerprint density at radius 1 is 0.794 bits per heavy atom. The zero-order chi connectivity index (χ0) is 23.8. The number of rotatable bonds is 5. The molecule has 0 spiro atoms. The number of ether oxygens (including phenoxy) is 1. The Morgan fingerprint density at radius 2 is 1.53 bits per heavy atom. The van der Waals surface area contributed by atoms with E-state index in [4.69, 9.17) is 4.74 Å². The van der Waals surface area contributed by atoms with Gasteiger partial charge in [0.15, 0.2) is 11.6 Å². The van der Waals surface area contributed by atoms with Crippen LogP contribution in [0.15, 0.2) is 90.6 Å². The minimum atomic E-state index is -1.08. The summed E-state index contributed by atoms with van der Waals surface area (Å²) < 4.78 is 32.8. The average Bonchev–Trinajstić information content (AvgIpc) is 3.09. The Balaban J connectivity index is 1.69. The monoisotopic (exact) mass is 456 g/mol. The molecule has 0 unspecified atom stereocenters. The fourth-order valence-corrected chi connectivity index (χ4v) is 4.09. The highest BCUT2D eigenvalue weighted by atomic mass is 19.2. The quantitative estimate of drug-likeness (QED) is 0.402. The number of fused-ring (bicyclic) bond motifs is 1. The van der Waals surface area contributed by atoms with Crippen LogP contribution in [0.5, 0.6) is 5.75 Å². The van der Waals surface area contributed by atoms with E-state index in [-0.39, 0.29) is 17.0 Å². The van der Waals surface area contributed by atoms with Crippen molar-refractivity contribution in [2.75, 3.05) is 17.3 Å². The number of para-hydroxylation sites is 1. The molecule has 2 amide bonds. The summed E-state index contributed by atoms with van der Waals surface area (Å²) in [7, 11) is 1.46. The van der Waals surface area contributed by atoms with E-state index < -0.39 is 23.4 Å². The van der Waals surface area contributed by atoms with E-state index in [1.807, 2.05) is 30.3 Å². The van der Waals surface area contributed by atoms with Crippen LogP contribution in [-0.2, 0) is 9.59 Å². The van der Waals surface area contributed by atoms with Gasteiger partial charge < -0.3 is 10.1 Å². The summed E-state index contributed by atoms with van der Waals surface area (Å²) in [6, 6.07) is 22.7. The van der Waals surface area contributed by atoms with Crippen LogP contribution in [-0.4, -0.2) is 18.9 Å². The fraction of sp³-hybridized carbons (Fsp3) is 0.0370. The van der Waals surface area contributed by atoms with Gasteiger partial charge in [0.2, 0.25) is 0 Å². The highest BCUT2D eigenvalue weighted by molar-refractivity contribution is 6.47. The average molecular weight is 456 g/mol. The Morgan fingerprint density at radius 3 is 2.32 bits per heavy atom. The molecule has 5 rings (SSSR count). The molecule has 0 fully saturated rings. The molecule has 34 heavy (non-hydrogen) atoms. The standard InChI is InChI=1S/C27H18F2N2O3/c1-34-23-12-5-4-10-19(23)24-25(30-17-13-14-20(28)21(29)15-17)27(33)31(26(24)32)22-11-6-8-16-7-2-3-9-18(16)22/h2-15,30H,1H3. The third kappa shape index (κ3) is 3.47. The lowest BCUT2D eigenvalue weighted by Crippen LogP contribution is -2.32. The Hall–Kier alpha value is -4.52. The number of nitrogens with zero attached hydrogens (tertiary/aromatic N) is 1.